The van der Waals surface area contributed by atoms with Gasteiger partial charge in [-0.3, -0.25) is 4.79 Å². The van der Waals surface area contributed by atoms with E-state index in [0.29, 0.717) is 6.54 Å². The van der Waals surface area contributed by atoms with Gasteiger partial charge in [-0.15, -0.1) is 0 Å². The molecule has 0 spiro atoms. The first kappa shape index (κ1) is 15.7. The third-order valence-electron chi connectivity index (χ3n) is 4.35. The molecule has 1 amide bonds. The fourth-order valence-corrected chi connectivity index (χ4v) is 3.37. The van der Waals surface area contributed by atoms with E-state index in [4.69, 9.17) is 0 Å². The van der Waals surface area contributed by atoms with Crippen LogP contribution in [0.15, 0.2) is 36.5 Å². The van der Waals surface area contributed by atoms with E-state index in [1.807, 2.05) is 29.1 Å². The Morgan fingerprint density at radius 2 is 2.09 bits per heavy atom. The van der Waals surface area contributed by atoms with Crippen LogP contribution >= 0.6 is 0 Å². The molecule has 0 saturated heterocycles. The quantitative estimate of drug-likeness (QED) is 0.910. The summed E-state index contributed by atoms with van der Waals surface area (Å²) < 4.78 is 2.01. The van der Waals surface area contributed by atoms with Crippen LogP contribution in [0, 0.1) is 5.41 Å². The molecule has 2 aromatic rings. The summed E-state index contributed by atoms with van der Waals surface area (Å²) in [5.74, 6) is 0.0219. The number of carbonyl (C=O) groups is 1. The lowest BCUT2D eigenvalue weighted by Crippen LogP contribution is -2.39. The van der Waals surface area contributed by atoms with Gasteiger partial charge in [-0.25, -0.2) is 4.68 Å². The zero-order valence-electron chi connectivity index (χ0n) is 14.0. The highest BCUT2D eigenvalue weighted by atomic mass is 16.1. The number of hydrogen-bond donors (Lipinski definition) is 2. The van der Waals surface area contributed by atoms with Gasteiger partial charge in [0.05, 0.1) is 30.2 Å². The maximum atomic E-state index is 12.0. The Kier molecular flexibility index (Phi) is 4.22. The second-order valence-electron chi connectivity index (χ2n) is 6.99. The van der Waals surface area contributed by atoms with E-state index in [9.17, 15) is 4.79 Å². The van der Waals surface area contributed by atoms with Crippen LogP contribution in [0.5, 0.6) is 0 Å². The van der Waals surface area contributed by atoms with Crippen LogP contribution in [-0.4, -0.2) is 29.3 Å². The van der Waals surface area contributed by atoms with Gasteiger partial charge in [0.25, 0.3) is 0 Å². The molecule has 5 heteroatoms. The van der Waals surface area contributed by atoms with Crippen molar-refractivity contribution in [3.05, 3.63) is 47.8 Å². The van der Waals surface area contributed by atoms with E-state index in [-0.39, 0.29) is 17.4 Å². The normalized spacial score (nSPS) is 19.2. The predicted octanol–water partition coefficient (Wildman–Crippen LogP) is 2.22. The number of carbonyl (C=O) groups excluding carboxylic acids is 1. The van der Waals surface area contributed by atoms with Crippen LogP contribution in [0.4, 0.5) is 0 Å². The summed E-state index contributed by atoms with van der Waals surface area (Å²) in [6, 6.07) is 10.2. The van der Waals surface area contributed by atoms with E-state index >= 15 is 0 Å². The lowest BCUT2D eigenvalue weighted by atomic mass is 9.74. The second-order valence-corrected chi connectivity index (χ2v) is 6.99. The number of nitrogens with zero attached hydrogens (tertiary/aromatic N) is 2. The van der Waals surface area contributed by atoms with Crippen molar-refractivity contribution in [2.75, 3.05) is 13.6 Å². The smallest absolute Gasteiger partial charge is 0.234 e. The van der Waals surface area contributed by atoms with Crippen molar-refractivity contribution in [1.82, 2.24) is 20.4 Å². The predicted molar refractivity (Wildman–Crippen MR) is 90.5 cm³/mol. The summed E-state index contributed by atoms with van der Waals surface area (Å²) in [7, 11) is 1.78. The Morgan fingerprint density at radius 3 is 2.78 bits per heavy atom. The van der Waals surface area contributed by atoms with Crippen LogP contribution in [0.3, 0.4) is 0 Å². The number of likely N-dealkylation sites (N-methyl/N-ethyl adjacent to an activating group) is 1. The second kappa shape index (κ2) is 6.16. The zero-order chi connectivity index (χ0) is 16.4. The minimum Gasteiger partial charge on any atom is -0.348 e. The van der Waals surface area contributed by atoms with Gasteiger partial charge in [0.2, 0.25) is 5.91 Å². The molecule has 0 saturated carbocycles. The number of para-hydroxylation sites is 1. The van der Waals surface area contributed by atoms with Crippen LogP contribution in [0.25, 0.3) is 5.69 Å². The first-order valence-corrected chi connectivity index (χ1v) is 8.06. The molecule has 0 bridgehead atoms. The molecule has 2 N–H and O–H groups in total. The maximum Gasteiger partial charge on any atom is 0.234 e. The lowest BCUT2D eigenvalue weighted by molar-refractivity contribution is -0.121. The first-order valence-electron chi connectivity index (χ1n) is 8.06. The molecule has 1 aliphatic carbocycles. The average molecular weight is 312 g/mol. The molecule has 1 heterocycles. The van der Waals surface area contributed by atoms with Crippen molar-refractivity contribution >= 4 is 5.91 Å². The molecule has 1 aromatic carbocycles. The van der Waals surface area contributed by atoms with Crippen LogP contribution in [-0.2, 0) is 11.2 Å². The number of hydrogen-bond acceptors (Lipinski definition) is 3. The van der Waals surface area contributed by atoms with Gasteiger partial charge >= 0.3 is 0 Å². The highest BCUT2D eigenvalue weighted by Gasteiger charge is 2.35. The van der Waals surface area contributed by atoms with Gasteiger partial charge in [-0.2, -0.15) is 5.10 Å². The summed E-state index contributed by atoms with van der Waals surface area (Å²) in [5, 5.41) is 10.6. The minimum atomic E-state index is 0.0204. The highest BCUT2D eigenvalue weighted by Crippen LogP contribution is 2.41. The van der Waals surface area contributed by atoms with Gasteiger partial charge < -0.3 is 10.6 Å². The van der Waals surface area contributed by atoms with Gasteiger partial charge in [-0.05, 0) is 37.4 Å². The Balaban J connectivity index is 1.96. The highest BCUT2D eigenvalue weighted by molar-refractivity contribution is 5.78. The first-order chi connectivity index (χ1) is 11.0. The largest absolute Gasteiger partial charge is 0.348 e. The van der Waals surface area contributed by atoms with Crippen LogP contribution in [0.1, 0.15) is 37.6 Å². The number of aromatic nitrogens is 2. The number of rotatable bonds is 4. The van der Waals surface area contributed by atoms with Crippen molar-refractivity contribution in [1.29, 1.82) is 0 Å². The Bertz CT molecular complexity index is 690. The molecule has 1 aromatic heterocycles. The van der Waals surface area contributed by atoms with Gasteiger partial charge in [0, 0.05) is 5.56 Å². The van der Waals surface area contributed by atoms with E-state index in [0.717, 1.165) is 24.1 Å². The summed E-state index contributed by atoms with van der Waals surface area (Å²) in [5.41, 5.74) is 3.52. The number of nitrogens with one attached hydrogen (secondary N) is 2. The Hall–Kier alpha value is -2.14. The Morgan fingerprint density at radius 1 is 1.35 bits per heavy atom. The van der Waals surface area contributed by atoms with Crippen molar-refractivity contribution in [3.8, 4) is 5.69 Å². The molecule has 23 heavy (non-hydrogen) atoms. The van der Waals surface area contributed by atoms with Crippen molar-refractivity contribution in [2.24, 2.45) is 5.41 Å². The molecule has 1 atom stereocenters. The molecular weight excluding hydrogens is 288 g/mol. The fraction of sp³-hybridized carbons (Fsp3) is 0.444. The maximum absolute atomic E-state index is 12.0. The molecule has 1 aliphatic rings. The van der Waals surface area contributed by atoms with E-state index in [1.165, 1.54) is 5.69 Å². The number of fused-ring (bicyclic) bond motifs is 1. The Labute approximate surface area is 137 Å². The summed E-state index contributed by atoms with van der Waals surface area (Å²) in [4.78, 5) is 12.0. The molecular formula is C18H24N4O. The van der Waals surface area contributed by atoms with Gasteiger partial charge in [0.1, 0.15) is 0 Å². The number of amides is 1. The molecule has 122 valence electrons. The molecule has 5 nitrogen and oxygen atoms in total. The van der Waals surface area contributed by atoms with Crippen molar-refractivity contribution in [2.45, 2.75) is 32.7 Å². The standard InChI is InChI=1S/C18H24N4O/c1-18(2)9-15(21-17(23)12-19-3)14-11-20-22(16(14)10-18)13-7-5-4-6-8-13/h4-8,11,15,19H,9-10,12H2,1-3H3,(H,21,23)/t15-/m0/s1. The van der Waals surface area contributed by atoms with E-state index in [1.54, 1.807) is 7.05 Å². The molecule has 0 unspecified atom stereocenters. The third kappa shape index (κ3) is 3.29. The summed E-state index contributed by atoms with van der Waals surface area (Å²) >= 11 is 0. The van der Waals surface area contributed by atoms with Gasteiger partial charge in [-0.1, -0.05) is 32.0 Å². The molecule has 0 aliphatic heterocycles. The van der Waals surface area contributed by atoms with E-state index in [2.05, 4.69) is 41.7 Å². The third-order valence-corrected chi connectivity index (χ3v) is 4.35. The van der Waals surface area contributed by atoms with Crippen molar-refractivity contribution < 1.29 is 4.79 Å². The summed E-state index contributed by atoms with van der Waals surface area (Å²) in [6.07, 6.45) is 3.79. The fourth-order valence-electron chi connectivity index (χ4n) is 3.37. The monoisotopic (exact) mass is 312 g/mol. The lowest BCUT2D eigenvalue weighted by Gasteiger charge is -2.36. The molecule has 3 rings (SSSR count). The van der Waals surface area contributed by atoms with Crippen molar-refractivity contribution in [3.63, 3.8) is 0 Å². The number of benzene rings is 1. The van der Waals surface area contributed by atoms with Crippen LogP contribution in [0.2, 0.25) is 0 Å². The molecule has 0 fully saturated rings. The van der Waals surface area contributed by atoms with Gasteiger partial charge in [0.15, 0.2) is 0 Å². The van der Waals surface area contributed by atoms with E-state index < -0.39 is 0 Å². The zero-order valence-corrected chi connectivity index (χ0v) is 14.0. The average Bonchev–Trinajstić information content (AvgIpc) is 2.90. The van der Waals surface area contributed by atoms with Crippen LogP contribution < -0.4 is 10.6 Å². The SMILES string of the molecule is CNCC(=O)N[C@H]1CC(C)(C)Cc2c1cnn2-c1ccccc1. The summed E-state index contributed by atoms with van der Waals surface area (Å²) in [6.45, 7) is 4.82. The molecule has 0 radical (unpaired) electrons. The topological polar surface area (TPSA) is 59.0 Å². The minimum absolute atomic E-state index is 0.0204.